The Bertz CT molecular complexity index is 662. The number of hydrogen-bond acceptors (Lipinski definition) is 2. The lowest BCUT2D eigenvalue weighted by Gasteiger charge is -2.07. The molecular formula is C13H6BrClF3NO. The van der Waals surface area contributed by atoms with Crippen LogP contribution in [0, 0.1) is 17.5 Å². The van der Waals surface area contributed by atoms with Crippen molar-refractivity contribution in [2.75, 3.05) is 5.73 Å². The highest BCUT2D eigenvalue weighted by molar-refractivity contribution is 9.10. The van der Waals surface area contributed by atoms with Gasteiger partial charge < -0.3 is 5.73 Å². The third-order valence-corrected chi connectivity index (χ3v) is 3.78. The number of hydrogen-bond donors (Lipinski definition) is 1. The molecule has 0 spiro atoms. The summed E-state index contributed by atoms with van der Waals surface area (Å²) in [7, 11) is 0. The summed E-state index contributed by atoms with van der Waals surface area (Å²) in [6.45, 7) is 0. The fraction of sp³-hybridized carbons (Fsp3) is 0. The van der Waals surface area contributed by atoms with Gasteiger partial charge in [0.15, 0.2) is 5.78 Å². The van der Waals surface area contributed by atoms with Crippen LogP contribution in [-0.2, 0) is 0 Å². The van der Waals surface area contributed by atoms with Gasteiger partial charge in [0.25, 0.3) is 0 Å². The average Bonchev–Trinajstić information content (AvgIpc) is 2.37. The van der Waals surface area contributed by atoms with Crippen LogP contribution in [-0.4, -0.2) is 5.78 Å². The van der Waals surface area contributed by atoms with Crippen LogP contribution in [0.1, 0.15) is 15.9 Å². The van der Waals surface area contributed by atoms with Crippen molar-refractivity contribution in [1.29, 1.82) is 0 Å². The maximum absolute atomic E-state index is 13.7. The van der Waals surface area contributed by atoms with Crippen LogP contribution in [0.25, 0.3) is 0 Å². The number of nitrogen functional groups attached to an aromatic ring is 1. The Labute approximate surface area is 125 Å². The van der Waals surface area contributed by atoms with Crippen LogP contribution in [0.4, 0.5) is 18.9 Å². The van der Waals surface area contributed by atoms with Gasteiger partial charge >= 0.3 is 0 Å². The summed E-state index contributed by atoms with van der Waals surface area (Å²) in [6.07, 6.45) is 0. The van der Waals surface area contributed by atoms with E-state index in [2.05, 4.69) is 15.9 Å². The van der Waals surface area contributed by atoms with Crippen molar-refractivity contribution < 1.29 is 18.0 Å². The first kappa shape index (κ1) is 14.9. The first-order valence-corrected chi connectivity index (χ1v) is 6.42. The maximum Gasteiger partial charge on any atom is 0.199 e. The molecule has 0 amide bonds. The van der Waals surface area contributed by atoms with Crippen molar-refractivity contribution in [2.45, 2.75) is 0 Å². The minimum atomic E-state index is -1.12. The molecule has 20 heavy (non-hydrogen) atoms. The third-order valence-electron chi connectivity index (χ3n) is 2.59. The second kappa shape index (κ2) is 5.46. The van der Waals surface area contributed by atoms with Gasteiger partial charge in [0.2, 0.25) is 0 Å². The first-order valence-electron chi connectivity index (χ1n) is 5.25. The van der Waals surface area contributed by atoms with E-state index < -0.39 is 40.0 Å². The molecule has 0 atom stereocenters. The lowest BCUT2D eigenvalue weighted by Crippen LogP contribution is -2.09. The van der Waals surface area contributed by atoms with Gasteiger partial charge in [0.1, 0.15) is 17.5 Å². The monoisotopic (exact) mass is 363 g/mol. The number of ketones is 1. The molecule has 0 unspecified atom stereocenters. The molecule has 0 bridgehead atoms. The summed E-state index contributed by atoms with van der Waals surface area (Å²) >= 11 is 8.76. The standard InChI is InChI=1S/C13H6BrClF3NO/c14-7-3-9(16)5(1-8(7)15)13(20)6-2-12(19)11(18)4-10(6)17/h1-4H,19H2. The molecule has 0 saturated heterocycles. The number of nitrogens with two attached hydrogens (primary N) is 1. The van der Waals surface area contributed by atoms with Crippen molar-refractivity contribution in [3.8, 4) is 0 Å². The maximum atomic E-state index is 13.7. The molecule has 0 fully saturated rings. The van der Waals surface area contributed by atoms with E-state index in [9.17, 15) is 18.0 Å². The molecule has 104 valence electrons. The molecule has 0 aliphatic carbocycles. The molecule has 0 saturated carbocycles. The van der Waals surface area contributed by atoms with Crippen LogP contribution < -0.4 is 5.73 Å². The quantitative estimate of drug-likeness (QED) is 0.489. The molecule has 2 nitrogen and oxygen atoms in total. The molecule has 0 heterocycles. The van der Waals surface area contributed by atoms with Gasteiger partial charge in [-0.05, 0) is 34.1 Å². The molecule has 0 aliphatic rings. The molecule has 7 heteroatoms. The molecule has 2 rings (SSSR count). The molecule has 2 aromatic carbocycles. The van der Waals surface area contributed by atoms with Crippen LogP contribution in [0.2, 0.25) is 5.02 Å². The molecule has 2 aromatic rings. The number of carbonyl (C=O) groups is 1. The predicted octanol–water partition coefficient (Wildman–Crippen LogP) is 4.33. The van der Waals surface area contributed by atoms with Crippen LogP contribution in [0.3, 0.4) is 0 Å². The summed E-state index contributed by atoms with van der Waals surface area (Å²) in [5.74, 6) is -3.97. The van der Waals surface area contributed by atoms with E-state index in [1.54, 1.807) is 0 Å². The van der Waals surface area contributed by atoms with Crippen molar-refractivity contribution in [2.24, 2.45) is 0 Å². The number of rotatable bonds is 2. The number of anilines is 1. The smallest absolute Gasteiger partial charge is 0.199 e. The van der Waals surface area contributed by atoms with Crippen molar-refractivity contribution in [3.05, 3.63) is 62.3 Å². The third kappa shape index (κ3) is 2.66. The molecule has 0 aliphatic heterocycles. The van der Waals surface area contributed by atoms with Crippen LogP contribution >= 0.6 is 27.5 Å². The van der Waals surface area contributed by atoms with Gasteiger partial charge in [-0.3, -0.25) is 4.79 Å². The average molecular weight is 365 g/mol. The van der Waals surface area contributed by atoms with E-state index in [1.165, 1.54) is 0 Å². The lowest BCUT2D eigenvalue weighted by molar-refractivity contribution is 0.103. The zero-order valence-electron chi connectivity index (χ0n) is 9.68. The largest absolute Gasteiger partial charge is 0.396 e. The fourth-order valence-electron chi connectivity index (χ4n) is 1.58. The van der Waals surface area contributed by atoms with E-state index in [-0.39, 0.29) is 9.50 Å². The summed E-state index contributed by atoms with van der Waals surface area (Å²) in [5.41, 5.74) is 3.92. The summed E-state index contributed by atoms with van der Waals surface area (Å²) in [4.78, 5) is 12.1. The van der Waals surface area contributed by atoms with Gasteiger partial charge in [0, 0.05) is 10.5 Å². The zero-order chi connectivity index (χ0) is 15.0. The van der Waals surface area contributed by atoms with E-state index in [0.29, 0.717) is 6.07 Å². The molecule has 0 aromatic heterocycles. The second-order valence-corrected chi connectivity index (χ2v) is 5.19. The fourth-order valence-corrected chi connectivity index (χ4v) is 2.06. The summed E-state index contributed by atoms with van der Waals surface area (Å²) in [6, 6.07) is 3.34. The zero-order valence-corrected chi connectivity index (χ0v) is 12.0. The molecule has 2 N–H and O–H groups in total. The topological polar surface area (TPSA) is 43.1 Å². The second-order valence-electron chi connectivity index (χ2n) is 3.93. The summed E-state index contributed by atoms with van der Waals surface area (Å²) in [5, 5.41) is 0.0882. The Morgan fingerprint density at radius 2 is 1.55 bits per heavy atom. The van der Waals surface area contributed by atoms with E-state index in [1.807, 2.05) is 0 Å². The Balaban J connectivity index is 2.57. The molecular weight excluding hydrogens is 358 g/mol. The Hall–Kier alpha value is -1.53. The Morgan fingerprint density at radius 1 is 1.00 bits per heavy atom. The minimum Gasteiger partial charge on any atom is -0.396 e. The van der Waals surface area contributed by atoms with E-state index >= 15 is 0 Å². The van der Waals surface area contributed by atoms with E-state index in [0.717, 1.165) is 18.2 Å². The molecule has 0 radical (unpaired) electrons. The Kier molecular flexibility index (Phi) is 4.06. The highest BCUT2D eigenvalue weighted by atomic mass is 79.9. The van der Waals surface area contributed by atoms with Gasteiger partial charge in [-0.25, -0.2) is 13.2 Å². The van der Waals surface area contributed by atoms with E-state index in [4.69, 9.17) is 17.3 Å². The van der Waals surface area contributed by atoms with Gasteiger partial charge in [-0.1, -0.05) is 11.6 Å². The predicted molar refractivity (Wildman–Crippen MR) is 73.3 cm³/mol. The van der Waals surface area contributed by atoms with Crippen molar-refractivity contribution in [3.63, 3.8) is 0 Å². The van der Waals surface area contributed by atoms with Crippen LogP contribution in [0.5, 0.6) is 0 Å². The SMILES string of the molecule is Nc1cc(C(=O)c2cc(Cl)c(Br)cc2F)c(F)cc1F. The highest BCUT2D eigenvalue weighted by Gasteiger charge is 2.21. The minimum absolute atomic E-state index is 0.0882. The van der Waals surface area contributed by atoms with Crippen LogP contribution in [0.15, 0.2) is 28.7 Å². The highest BCUT2D eigenvalue weighted by Crippen LogP contribution is 2.28. The Morgan fingerprint density at radius 3 is 2.20 bits per heavy atom. The van der Waals surface area contributed by atoms with Gasteiger partial charge in [0.05, 0.1) is 21.8 Å². The van der Waals surface area contributed by atoms with Crippen molar-refractivity contribution >= 4 is 39.0 Å². The number of halogens is 5. The van der Waals surface area contributed by atoms with Gasteiger partial charge in [-0.2, -0.15) is 0 Å². The summed E-state index contributed by atoms with van der Waals surface area (Å²) < 4.78 is 40.6. The number of benzene rings is 2. The van der Waals surface area contributed by atoms with Crippen molar-refractivity contribution in [1.82, 2.24) is 0 Å². The number of carbonyl (C=O) groups excluding carboxylic acids is 1. The van der Waals surface area contributed by atoms with Gasteiger partial charge in [-0.15, -0.1) is 0 Å². The first-order chi connectivity index (χ1) is 9.31. The lowest BCUT2D eigenvalue weighted by atomic mass is 10.0. The normalized spacial score (nSPS) is 10.7.